The van der Waals surface area contributed by atoms with Crippen LogP contribution in [0.4, 0.5) is 8.78 Å². The average molecular weight is 201 g/mol. The Morgan fingerprint density at radius 2 is 2.36 bits per heavy atom. The molecule has 0 unspecified atom stereocenters. The van der Waals surface area contributed by atoms with Gasteiger partial charge in [-0.3, -0.25) is 4.90 Å². The Morgan fingerprint density at radius 1 is 1.64 bits per heavy atom. The lowest BCUT2D eigenvalue weighted by Crippen LogP contribution is -2.41. The van der Waals surface area contributed by atoms with Crippen LogP contribution in [0.15, 0.2) is 11.9 Å². The van der Waals surface area contributed by atoms with Gasteiger partial charge in [-0.15, -0.1) is 0 Å². The zero-order valence-corrected chi connectivity index (χ0v) is 8.76. The van der Waals surface area contributed by atoms with Crippen LogP contribution in [0.25, 0.3) is 0 Å². The van der Waals surface area contributed by atoms with Gasteiger partial charge in [0, 0.05) is 19.5 Å². The zero-order valence-electron chi connectivity index (χ0n) is 8.76. The summed E-state index contributed by atoms with van der Waals surface area (Å²) in [5.41, 5.74) is -0.590. The van der Waals surface area contributed by atoms with E-state index in [1.165, 1.54) is 0 Å². The third-order valence-corrected chi connectivity index (χ3v) is 3.26. The fourth-order valence-electron chi connectivity index (χ4n) is 2.84. The number of alkyl halides is 1. The van der Waals surface area contributed by atoms with Crippen molar-refractivity contribution in [2.75, 3.05) is 13.1 Å². The Kier molecular flexibility index (Phi) is 2.38. The largest absolute Gasteiger partial charge is 0.285 e. The van der Waals surface area contributed by atoms with Crippen molar-refractivity contribution in [2.45, 2.75) is 38.4 Å². The van der Waals surface area contributed by atoms with Crippen LogP contribution < -0.4 is 0 Å². The highest BCUT2D eigenvalue weighted by Crippen LogP contribution is 2.45. The second-order valence-electron chi connectivity index (χ2n) is 4.89. The highest BCUT2D eigenvalue weighted by atomic mass is 19.1. The topological polar surface area (TPSA) is 3.24 Å². The monoisotopic (exact) mass is 201 g/mol. The van der Waals surface area contributed by atoms with E-state index in [9.17, 15) is 8.78 Å². The number of rotatable bonds is 2. The smallest absolute Gasteiger partial charge is 0.118 e. The lowest BCUT2D eigenvalue weighted by molar-refractivity contribution is 0.159. The summed E-state index contributed by atoms with van der Waals surface area (Å²) in [7, 11) is 0. The molecule has 2 heterocycles. The highest BCUT2D eigenvalue weighted by Gasteiger charge is 2.51. The molecule has 1 fully saturated rings. The van der Waals surface area contributed by atoms with Crippen LogP contribution in [0, 0.1) is 5.92 Å². The molecular weight excluding hydrogens is 184 g/mol. The molecule has 2 aliphatic heterocycles. The fraction of sp³-hybridized carbons (Fsp3) is 0.818. The Morgan fingerprint density at radius 3 is 3.00 bits per heavy atom. The molecule has 0 aromatic heterocycles. The highest BCUT2D eigenvalue weighted by molar-refractivity contribution is 5.25. The van der Waals surface area contributed by atoms with Crippen molar-refractivity contribution in [1.82, 2.24) is 4.90 Å². The minimum Gasteiger partial charge on any atom is -0.285 e. The van der Waals surface area contributed by atoms with Gasteiger partial charge < -0.3 is 0 Å². The molecule has 2 aliphatic rings. The SMILES string of the molecule is CC(C)C[C@]12C[C@@H](F)CN1CC=C2F. The maximum atomic E-state index is 13.7. The van der Waals surface area contributed by atoms with Gasteiger partial charge in [-0.2, -0.15) is 0 Å². The second kappa shape index (κ2) is 3.30. The van der Waals surface area contributed by atoms with E-state index in [2.05, 4.69) is 13.8 Å². The van der Waals surface area contributed by atoms with Crippen LogP contribution in [-0.4, -0.2) is 29.7 Å². The van der Waals surface area contributed by atoms with Gasteiger partial charge in [0.05, 0.1) is 5.54 Å². The first-order chi connectivity index (χ1) is 6.54. The molecule has 0 radical (unpaired) electrons. The first-order valence-electron chi connectivity index (χ1n) is 5.30. The van der Waals surface area contributed by atoms with Crippen molar-refractivity contribution in [1.29, 1.82) is 0 Å². The lowest BCUT2D eigenvalue weighted by Gasteiger charge is -2.33. The van der Waals surface area contributed by atoms with Crippen LogP contribution in [0.5, 0.6) is 0 Å². The number of fused-ring (bicyclic) bond motifs is 1. The molecule has 0 aromatic rings. The minimum absolute atomic E-state index is 0.105. The molecule has 14 heavy (non-hydrogen) atoms. The normalized spacial score (nSPS) is 37.8. The Balaban J connectivity index is 2.23. The Labute approximate surface area is 83.8 Å². The van der Waals surface area contributed by atoms with E-state index >= 15 is 0 Å². The van der Waals surface area contributed by atoms with Crippen LogP contribution in [-0.2, 0) is 0 Å². The molecule has 0 N–H and O–H groups in total. The summed E-state index contributed by atoms with van der Waals surface area (Å²) in [5.74, 6) is 0.298. The first kappa shape index (κ1) is 10.1. The second-order valence-corrected chi connectivity index (χ2v) is 4.89. The summed E-state index contributed by atoms with van der Waals surface area (Å²) in [4.78, 5) is 1.95. The van der Waals surface area contributed by atoms with Gasteiger partial charge in [-0.1, -0.05) is 13.8 Å². The summed E-state index contributed by atoms with van der Waals surface area (Å²) in [6, 6.07) is 0. The molecule has 0 saturated carbocycles. The van der Waals surface area contributed by atoms with Crippen LogP contribution in [0.1, 0.15) is 26.7 Å². The van der Waals surface area contributed by atoms with Crippen molar-refractivity contribution in [2.24, 2.45) is 5.92 Å². The van der Waals surface area contributed by atoms with E-state index in [0.717, 1.165) is 6.42 Å². The lowest BCUT2D eigenvalue weighted by atomic mass is 9.86. The summed E-state index contributed by atoms with van der Waals surface area (Å²) in [6.45, 7) is 5.10. The average Bonchev–Trinajstić information content (AvgIpc) is 2.49. The summed E-state index contributed by atoms with van der Waals surface area (Å²) >= 11 is 0. The van der Waals surface area contributed by atoms with E-state index in [-0.39, 0.29) is 5.83 Å². The fourth-order valence-corrected chi connectivity index (χ4v) is 2.84. The quantitative estimate of drug-likeness (QED) is 0.664. The predicted octanol–water partition coefficient (Wildman–Crippen LogP) is 2.68. The number of hydrogen-bond donors (Lipinski definition) is 0. The third-order valence-electron chi connectivity index (χ3n) is 3.26. The summed E-state index contributed by atoms with van der Waals surface area (Å²) in [5, 5.41) is 0. The molecule has 1 saturated heterocycles. The van der Waals surface area contributed by atoms with Crippen molar-refractivity contribution in [3.8, 4) is 0 Å². The zero-order chi connectivity index (χ0) is 10.3. The number of nitrogens with zero attached hydrogens (tertiary/aromatic N) is 1. The summed E-state index contributed by atoms with van der Waals surface area (Å²) in [6.07, 6.45) is 1.82. The van der Waals surface area contributed by atoms with Crippen LogP contribution in [0.3, 0.4) is 0 Å². The third kappa shape index (κ3) is 1.38. The molecule has 0 bridgehead atoms. The van der Waals surface area contributed by atoms with E-state index in [4.69, 9.17) is 0 Å². The van der Waals surface area contributed by atoms with Crippen LogP contribution >= 0.6 is 0 Å². The molecule has 2 atom stereocenters. The molecule has 80 valence electrons. The molecule has 3 heteroatoms. The van der Waals surface area contributed by atoms with Gasteiger partial charge >= 0.3 is 0 Å². The van der Waals surface area contributed by atoms with Gasteiger partial charge in [0.2, 0.25) is 0 Å². The standard InChI is InChI=1S/C11H17F2N/c1-8(2)5-11-6-9(12)7-14(11)4-3-10(11)13/h3,8-9H,4-7H2,1-2H3/t9-,11-/m1/s1. The van der Waals surface area contributed by atoms with E-state index < -0.39 is 11.7 Å². The van der Waals surface area contributed by atoms with Crippen molar-refractivity contribution in [3.05, 3.63) is 11.9 Å². The predicted molar refractivity (Wildman–Crippen MR) is 52.5 cm³/mol. The van der Waals surface area contributed by atoms with Crippen molar-refractivity contribution >= 4 is 0 Å². The Bertz CT molecular complexity index is 262. The molecular formula is C11H17F2N. The van der Waals surface area contributed by atoms with E-state index in [1.807, 2.05) is 4.90 Å². The van der Waals surface area contributed by atoms with E-state index in [1.54, 1.807) is 6.08 Å². The molecule has 0 spiro atoms. The minimum atomic E-state index is -0.854. The van der Waals surface area contributed by atoms with Gasteiger partial charge in [0.15, 0.2) is 0 Å². The number of hydrogen-bond acceptors (Lipinski definition) is 1. The molecule has 0 aromatic carbocycles. The maximum Gasteiger partial charge on any atom is 0.118 e. The Hall–Kier alpha value is -0.440. The van der Waals surface area contributed by atoms with Gasteiger partial charge in [0.25, 0.3) is 0 Å². The van der Waals surface area contributed by atoms with Gasteiger partial charge in [-0.05, 0) is 18.4 Å². The van der Waals surface area contributed by atoms with Crippen molar-refractivity contribution in [3.63, 3.8) is 0 Å². The van der Waals surface area contributed by atoms with Crippen molar-refractivity contribution < 1.29 is 8.78 Å². The maximum absolute atomic E-state index is 13.7. The van der Waals surface area contributed by atoms with E-state index in [0.29, 0.717) is 25.4 Å². The van der Waals surface area contributed by atoms with Gasteiger partial charge in [-0.25, -0.2) is 8.78 Å². The number of halogens is 2. The molecule has 2 rings (SSSR count). The molecule has 1 nitrogen and oxygen atoms in total. The summed E-state index contributed by atoms with van der Waals surface area (Å²) < 4.78 is 27.0. The molecule has 0 amide bonds. The first-order valence-corrected chi connectivity index (χ1v) is 5.30. The molecule has 0 aliphatic carbocycles. The van der Waals surface area contributed by atoms with Crippen LogP contribution in [0.2, 0.25) is 0 Å². The van der Waals surface area contributed by atoms with Gasteiger partial charge in [0.1, 0.15) is 12.0 Å².